The lowest BCUT2D eigenvalue weighted by atomic mass is 10.2. The molecular formula is C17H23N4OS+. The van der Waals surface area contributed by atoms with Crippen LogP contribution in [0.3, 0.4) is 0 Å². The van der Waals surface area contributed by atoms with E-state index in [9.17, 15) is 4.79 Å². The Kier molecular flexibility index (Phi) is 6.20. The first-order valence-electron chi connectivity index (χ1n) is 8.00. The molecule has 0 saturated heterocycles. The first kappa shape index (κ1) is 17.5. The largest absolute Gasteiger partial charge is 0.334 e. The molecule has 0 fully saturated rings. The Bertz CT molecular complexity index is 761. The van der Waals surface area contributed by atoms with Crippen molar-refractivity contribution in [2.45, 2.75) is 37.7 Å². The molecule has 0 aliphatic heterocycles. The van der Waals surface area contributed by atoms with Gasteiger partial charge in [-0.1, -0.05) is 23.9 Å². The van der Waals surface area contributed by atoms with Crippen LogP contribution in [0.4, 0.5) is 0 Å². The van der Waals surface area contributed by atoms with Gasteiger partial charge in [0.05, 0.1) is 48.4 Å². The van der Waals surface area contributed by atoms with Gasteiger partial charge in [-0.15, -0.1) is 0 Å². The Hall–Kier alpha value is -1.84. The lowest BCUT2D eigenvalue weighted by Gasteiger charge is -2.18. The Balaban J connectivity index is 2.45. The van der Waals surface area contributed by atoms with Crippen molar-refractivity contribution in [3.63, 3.8) is 0 Å². The predicted molar refractivity (Wildman–Crippen MR) is 93.8 cm³/mol. The third-order valence-electron chi connectivity index (χ3n) is 3.98. The van der Waals surface area contributed by atoms with Crippen LogP contribution >= 0.6 is 11.8 Å². The van der Waals surface area contributed by atoms with E-state index in [1.165, 1.54) is 16.7 Å². The smallest absolute Gasteiger partial charge is 0.262 e. The molecule has 2 rings (SSSR count). The highest BCUT2D eigenvalue weighted by Gasteiger charge is 2.15. The van der Waals surface area contributed by atoms with Gasteiger partial charge in [0.25, 0.3) is 5.56 Å². The lowest BCUT2D eigenvalue weighted by Crippen LogP contribution is -3.11. The van der Waals surface area contributed by atoms with Crippen LogP contribution < -0.4 is 10.5 Å². The molecule has 0 aliphatic rings. The van der Waals surface area contributed by atoms with Crippen LogP contribution in [-0.4, -0.2) is 34.4 Å². The van der Waals surface area contributed by atoms with Crippen molar-refractivity contribution in [2.75, 3.05) is 19.6 Å². The summed E-state index contributed by atoms with van der Waals surface area (Å²) in [6.45, 7) is 9.68. The molecule has 0 radical (unpaired) electrons. The first-order valence-corrected chi connectivity index (χ1v) is 8.88. The third kappa shape index (κ3) is 4.12. The number of hydrogen-bond donors (Lipinski definition) is 1. The molecule has 0 saturated carbocycles. The molecule has 1 N–H and O–H groups in total. The highest BCUT2D eigenvalue weighted by atomic mass is 32.2. The SMILES string of the molecule is CC[NH+](CC)CCn1c(S[C@H](C)C#N)nc2ccccc2c1=O. The summed E-state index contributed by atoms with van der Waals surface area (Å²) in [6, 6.07) is 9.59. The topological polar surface area (TPSA) is 63.1 Å². The molecule has 6 heteroatoms. The van der Waals surface area contributed by atoms with Gasteiger partial charge >= 0.3 is 0 Å². The number of nitriles is 1. The van der Waals surface area contributed by atoms with Gasteiger partial charge in [-0.3, -0.25) is 9.36 Å². The molecule has 122 valence electrons. The van der Waals surface area contributed by atoms with E-state index in [1.54, 1.807) is 4.57 Å². The second kappa shape index (κ2) is 8.14. The fourth-order valence-electron chi connectivity index (χ4n) is 2.49. The van der Waals surface area contributed by atoms with Gasteiger partial charge in [0.2, 0.25) is 0 Å². The first-order chi connectivity index (χ1) is 11.1. The summed E-state index contributed by atoms with van der Waals surface area (Å²) in [6.07, 6.45) is 0. The van der Waals surface area contributed by atoms with Crippen LogP contribution in [0, 0.1) is 11.3 Å². The molecule has 1 aromatic carbocycles. The average molecular weight is 331 g/mol. The molecule has 1 aromatic heterocycles. The van der Waals surface area contributed by atoms with Crippen molar-refractivity contribution in [3.05, 3.63) is 34.6 Å². The minimum atomic E-state index is -0.241. The van der Waals surface area contributed by atoms with E-state index in [2.05, 4.69) is 24.9 Å². The van der Waals surface area contributed by atoms with E-state index in [4.69, 9.17) is 5.26 Å². The quantitative estimate of drug-likeness (QED) is 0.614. The molecule has 0 amide bonds. The van der Waals surface area contributed by atoms with Crippen LogP contribution in [0.15, 0.2) is 34.2 Å². The van der Waals surface area contributed by atoms with E-state index < -0.39 is 0 Å². The number of nitrogens with zero attached hydrogens (tertiary/aromatic N) is 3. The van der Waals surface area contributed by atoms with E-state index in [0.29, 0.717) is 22.6 Å². The van der Waals surface area contributed by atoms with Gasteiger partial charge < -0.3 is 4.90 Å². The van der Waals surface area contributed by atoms with Crippen molar-refractivity contribution < 1.29 is 4.90 Å². The van der Waals surface area contributed by atoms with Crippen LogP contribution in [0.1, 0.15) is 20.8 Å². The molecule has 23 heavy (non-hydrogen) atoms. The molecular weight excluding hydrogens is 308 g/mol. The maximum atomic E-state index is 12.8. The number of rotatable bonds is 7. The van der Waals surface area contributed by atoms with Crippen LogP contribution in [0.5, 0.6) is 0 Å². The highest BCUT2D eigenvalue weighted by Crippen LogP contribution is 2.21. The molecule has 1 heterocycles. The predicted octanol–water partition coefficient (Wildman–Crippen LogP) is 1.33. The zero-order valence-electron chi connectivity index (χ0n) is 13.9. The zero-order valence-corrected chi connectivity index (χ0v) is 14.7. The number of nitrogens with one attached hydrogen (secondary N) is 1. The highest BCUT2D eigenvalue weighted by molar-refractivity contribution is 8.00. The van der Waals surface area contributed by atoms with Crippen molar-refractivity contribution in [1.29, 1.82) is 5.26 Å². The van der Waals surface area contributed by atoms with E-state index in [0.717, 1.165) is 19.6 Å². The Morgan fingerprint density at radius 2 is 2.04 bits per heavy atom. The summed E-state index contributed by atoms with van der Waals surface area (Å²) in [7, 11) is 0. The summed E-state index contributed by atoms with van der Waals surface area (Å²) in [5.41, 5.74) is 0.673. The lowest BCUT2D eigenvalue weighted by molar-refractivity contribution is -0.897. The fourth-order valence-corrected chi connectivity index (χ4v) is 3.31. The molecule has 0 unspecified atom stereocenters. The number of para-hydroxylation sites is 1. The normalized spacial score (nSPS) is 12.5. The van der Waals surface area contributed by atoms with Gasteiger partial charge in [0.15, 0.2) is 5.16 Å². The molecule has 0 bridgehead atoms. The second-order valence-electron chi connectivity index (χ2n) is 5.46. The number of aromatic nitrogens is 2. The van der Waals surface area contributed by atoms with Crippen LogP contribution in [-0.2, 0) is 6.54 Å². The van der Waals surface area contributed by atoms with E-state index >= 15 is 0 Å². The minimum absolute atomic E-state index is 0.0187. The van der Waals surface area contributed by atoms with Crippen LogP contribution in [0.2, 0.25) is 0 Å². The molecule has 5 nitrogen and oxygen atoms in total. The molecule has 1 atom stereocenters. The summed E-state index contributed by atoms with van der Waals surface area (Å²) >= 11 is 1.35. The van der Waals surface area contributed by atoms with Gasteiger partial charge in [0.1, 0.15) is 0 Å². The van der Waals surface area contributed by atoms with Gasteiger partial charge in [-0.2, -0.15) is 5.26 Å². The van der Waals surface area contributed by atoms with Crippen molar-refractivity contribution >= 4 is 22.7 Å². The minimum Gasteiger partial charge on any atom is -0.334 e. The van der Waals surface area contributed by atoms with Crippen molar-refractivity contribution in [2.24, 2.45) is 0 Å². The third-order valence-corrected chi connectivity index (χ3v) is 4.96. The van der Waals surface area contributed by atoms with E-state index in [1.807, 2.05) is 31.2 Å². The van der Waals surface area contributed by atoms with Gasteiger partial charge in [-0.25, -0.2) is 4.98 Å². The van der Waals surface area contributed by atoms with Gasteiger partial charge in [0, 0.05) is 0 Å². The number of quaternary nitrogens is 1. The van der Waals surface area contributed by atoms with Gasteiger partial charge in [-0.05, 0) is 32.9 Å². The second-order valence-corrected chi connectivity index (χ2v) is 6.77. The summed E-state index contributed by atoms with van der Waals surface area (Å²) in [5.74, 6) is 0. The maximum absolute atomic E-state index is 12.8. The van der Waals surface area contributed by atoms with E-state index in [-0.39, 0.29) is 10.8 Å². The van der Waals surface area contributed by atoms with Crippen molar-refractivity contribution in [1.82, 2.24) is 9.55 Å². The number of likely N-dealkylation sites (N-methyl/N-ethyl adjacent to an activating group) is 1. The number of hydrogen-bond acceptors (Lipinski definition) is 4. The zero-order chi connectivity index (χ0) is 16.8. The van der Waals surface area contributed by atoms with Crippen molar-refractivity contribution in [3.8, 4) is 6.07 Å². The number of benzene rings is 1. The maximum Gasteiger partial charge on any atom is 0.262 e. The monoisotopic (exact) mass is 331 g/mol. The molecule has 0 aliphatic carbocycles. The van der Waals surface area contributed by atoms with Crippen LogP contribution in [0.25, 0.3) is 10.9 Å². The number of fused-ring (bicyclic) bond motifs is 1. The summed E-state index contributed by atoms with van der Waals surface area (Å²) in [5, 5.41) is 10.1. The molecule has 2 aromatic rings. The fraction of sp³-hybridized carbons (Fsp3) is 0.471. The Morgan fingerprint density at radius 3 is 2.70 bits per heavy atom. The standard InChI is InChI=1S/C17H22N4OS/c1-4-20(5-2)10-11-21-16(22)14-8-6-7-9-15(14)19-17(21)23-13(3)12-18/h6-9,13H,4-5,10-11H2,1-3H3/p+1/t13-/m1/s1. The average Bonchev–Trinajstić information content (AvgIpc) is 2.57. The summed E-state index contributed by atoms with van der Waals surface area (Å²) < 4.78 is 1.73. The Morgan fingerprint density at radius 1 is 1.35 bits per heavy atom. The molecule has 0 spiro atoms. The Labute approximate surface area is 140 Å². The summed E-state index contributed by atoms with van der Waals surface area (Å²) in [4.78, 5) is 18.9. The number of thioether (sulfide) groups is 1.